The minimum absolute atomic E-state index is 0. The molecule has 5 nitrogen and oxygen atoms in total. The molecule has 4 aromatic carbocycles. The molecule has 1 aliphatic rings. The average Bonchev–Trinajstić information content (AvgIpc) is 3.36. The number of fused-ring (bicyclic) bond motifs is 1. The Balaban J connectivity index is 0.00000468. The Labute approximate surface area is 308 Å². The van der Waals surface area contributed by atoms with Crippen molar-refractivity contribution in [3.63, 3.8) is 0 Å². The van der Waals surface area contributed by atoms with Crippen molar-refractivity contribution in [3.05, 3.63) is 133 Å². The zero-order valence-electron chi connectivity index (χ0n) is 30.3. The van der Waals surface area contributed by atoms with E-state index in [2.05, 4.69) is 157 Å². The number of nitrogens with zero attached hydrogens (tertiary/aromatic N) is 4. The first-order chi connectivity index (χ1) is 22.6. The number of ether oxygens (including phenoxy) is 1. The molecule has 258 valence electrons. The van der Waals surface area contributed by atoms with Crippen LogP contribution in [0, 0.1) is 18.8 Å². The van der Waals surface area contributed by atoms with Gasteiger partial charge >= 0.3 is 0 Å². The summed E-state index contributed by atoms with van der Waals surface area (Å²) in [4.78, 5) is 11.3. The van der Waals surface area contributed by atoms with Crippen molar-refractivity contribution in [1.82, 2.24) is 4.98 Å². The Bertz CT molecular complexity index is 1920. The number of rotatable bonds is 6. The van der Waals surface area contributed by atoms with E-state index >= 15 is 0 Å². The third kappa shape index (κ3) is 7.89. The van der Waals surface area contributed by atoms with Crippen molar-refractivity contribution in [2.45, 2.75) is 78.6 Å². The van der Waals surface area contributed by atoms with Crippen molar-refractivity contribution in [2.24, 2.45) is 0 Å². The number of hydrogen-bond donors (Lipinski definition) is 0. The molecule has 0 spiro atoms. The zero-order chi connectivity index (χ0) is 34.4. The van der Waals surface area contributed by atoms with Gasteiger partial charge in [0.2, 0.25) is 0 Å². The molecule has 0 bridgehead atoms. The van der Waals surface area contributed by atoms with Crippen LogP contribution in [0.15, 0.2) is 97.2 Å². The van der Waals surface area contributed by atoms with Crippen LogP contribution in [-0.4, -0.2) is 12.0 Å². The van der Waals surface area contributed by atoms with Crippen LogP contribution >= 0.6 is 0 Å². The first-order valence-corrected chi connectivity index (χ1v) is 16.7. The second kappa shape index (κ2) is 13.7. The van der Waals surface area contributed by atoms with Crippen LogP contribution in [-0.2, 0) is 37.3 Å². The van der Waals surface area contributed by atoms with Crippen LogP contribution in [0.1, 0.15) is 79.0 Å². The predicted octanol–water partition coefficient (Wildman–Crippen LogP) is 11.5. The molecule has 6 heteroatoms. The fourth-order valence-corrected chi connectivity index (χ4v) is 5.84. The van der Waals surface area contributed by atoms with Gasteiger partial charge in [-0.3, -0.25) is 0 Å². The summed E-state index contributed by atoms with van der Waals surface area (Å²) in [5.41, 5.74) is 8.62. The van der Waals surface area contributed by atoms with Gasteiger partial charge in [0.05, 0.1) is 0 Å². The van der Waals surface area contributed by atoms with E-state index in [9.17, 15) is 0 Å². The van der Waals surface area contributed by atoms with E-state index in [0.717, 1.165) is 39.8 Å². The number of pyridine rings is 1. The molecule has 49 heavy (non-hydrogen) atoms. The van der Waals surface area contributed by atoms with Crippen LogP contribution in [0.4, 0.5) is 34.3 Å². The number of benzene rings is 4. The Morgan fingerprint density at radius 2 is 1.33 bits per heavy atom. The first kappa shape index (κ1) is 36.2. The topological polar surface area (TPSA) is 31.8 Å². The Kier molecular flexibility index (Phi) is 10.1. The molecule has 2 heterocycles. The molecule has 0 amide bonds. The van der Waals surface area contributed by atoms with E-state index in [1.807, 2.05) is 42.6 Å². The first-order valence-electron chi connectivity index (χ1n) is 16.7. The van der Waals surface area contributed by atoms with E-state index in [4.69, 9.17) is 9.72 Å². The van der Waals surface area contributed by atoms with Gasteiger partial charge < -0.3 is 19.4 Å². The molecule has 0 N–H and O–H groups in total. The fourth-order valence-electron chi connectivity index (χ4n) is 5.84. The molecule has 0 fully saturated rings. The van der Waals surface area contributed by atoms with Gasteiger partial charge in [0.15, 0.2) is 0 Å². The molecule has 5 aromatic rings. The van der Waals surface area contributed by atoms with Crippen molar-refractivity contribution < 1.29 is 25.8 Å². The minimum Gasteiger partial charge on any atom is -0.509 e. The number of para-hydroxylation sites is 1. The fraction of sp³-hybridized carbons (Fsp3) is 0.302. The summed E-state index contributed by atoms with van der Waals surface area (Å²) >= 11 is 0. The second-order valence-corrected chi connectivity index (χ2v) is 15.7. The molecule has 0 radical (unpaired) electrons. The van der Waals surface area contributed by atoms with Crippen LogP contribution in [0.25, 0.3) is 0 Å². The van der Waals surface area contributed by atoms with Gasteiger partial charge in [-0.2, -0.15) is 12.7 Å². The van der Waals surface area contributed by atoms with Crippen molar-refractivity contribution in [3.8, 4) is 11.5 Å². The molecular weight excluding hydrogens is 784 g/mol. The predicted molar refractivity (Wildman–Crippen MR) is 200 cm³/mol. The molecule has 0 unspecified atom stereocenters. The van der Waals surface area contributed by atoms with E-state index in [1.54, 1.807) is 0 Å². The van der Waals surface area contributed by atoms with Crippen molar-refractivity contribution in [1.29, 1.82) is 0 Å². The summed E-state index contributed by atoms with van der Waals surface area (Å²) in [7, 11) is 2.09. The van der Waals surface area contributed by atoms with Gasteiger partial charge in [0.25, 0.3) is 0 Å². The van der Waals surface area contributed by atoms with Gasteiger partial charge in [0.1, 0.15) is 5.82 Å². The van der Waals surface area contributed by atoms with Crippen molar-refractivity contribution >= 4 is 34.3 Å². The van der Waals surface area contributed by atoms with Gasteiger partial charge in [-0.25, -0.2) is 4.98 Å². The second-order valence-electron chi connectivity index (χ2n) is 15.7. The zero-order valence-corrected chi connectivity index (χ0v) is 32.6. The number of hydrogen-bond acceptors (Lipinski definition) is 5. The third-order valence-electron chi connectivity index (χ3n) is 8.79. The molecular formula is C43H47N4OPt-3. The normalized spacial score (nSPS) is 13.2. The maximum absolute atomic E-state index is 6.64. The van der Waals surface area contributed by atoms with Gasteiger partial charge in [0, 0.05) is 55.8 Å². The van der Waals surface area contributed by atoms with Gasteiger partial charge in [-0.05, 0) is 70.8 Å². The molecule has 0 saturated carbocycles. The molecule has 6 rings (SSSR count). The summed E-state index contributed by atoms with van der Waals surface area (Å²) in [6.45, 7) is 22.2. The maximum atomic E-state index is 6.64. The smallest absolute Gasteiger partial charge is 0.135 e. The Morgan fingerprint density at radius 3 is 2.00 bits per heavy atom. The van der Waals surface area contributed by atoms with Crippen LogP contribution in [0.3, 0.4) is 0 Å². The summed E-state index contributed by atoms with van der Waals surface area (Å²) < 4.78 is 6.64. The van der Waals surface area contributed by atoms with Gasteiger partial charge in [-0.15, -0.1) is 47.6 Å². The number of anilines is 6. The van der Waals surface area contributed by atoms with Crippen LogP contribution in [0.2, 0.25) is 0 Å². The Hall–Kier alpha value is -4.08. The SMILES string of the molecule is CN1[CH-]N(c2[c-]c(Oc3[c-]c(N(c4ccccc4)c4cc(C(C)(C)C)ccn4)ccc3)cc(C(C)(C)C)c2)c2cc(C(C)(C)C)ccc21.[Pt]. The van der Waals surface area contributed by atoms with Gasteiger partial charge in [-0.1, -0.05) is 92.3 Å². The molecule has 0 saturated heterocycles. The van der Waals surface area contributed by atoms with E-state index in [1.165, 1.54) is 11.1 Å². The maximum Gasteiger partial charge on any atom is 0.135 e. The minimum atomic E-state index is -0.108. The standard InChI is InChI=1S/C43H47N4O.Pt/c1-41(2,3)30-19-20-38-39(25-30)46(29-45(38)10)35-23-32(43(7,8)9)24-37(28-35)48-36-18-14-17-34(27-36)47(33-15-12-11-13-16-33)40-26-31(21-22-44-40)42(4,5)6;/h11-26,29H,1-10H3;/q-3;. The summed E-state index contributed by atoms with van der Waals surface area (Å²) in [5.74, 6) is 2.07. The van der Waals surface area contributed by atoms with Crippen LogP contribution in [0.5, 0.6) is 11.5 Å². The largest absolute Gasteiger partial charge is 0.509 e. The van der Waals surface area contributed by atoms with E-state index in [0.29, 0.717) is 11.5 Å². The summed E-state index contributed by atoms with van der Waals surface area (Å²) in [5, 5.41) is 0. The van der Waals surface area contributed by atoms with E-state index < -0.39 is 0 Å². The monoisotopic (exact) mass is 830 g/mol. The third-order valence-corrected chi connectivity index (χ3v) is 8.79. The summed E-state index contributed by atoms with van der Waals surface area (Å²) in [6.07, 6.45) is 1.89. The molecule has 1 aliphatic heterocycles. The molecule has 1 aromatic heterocycles. The van der Waals surface area contributed by atoms with Crippen LogP contribution < -0.4 is 19.4 Å². The molecule has 0 atom stereocenters. The average molecular weight is 831 g/mol. The summed E-state index contributed by atoms with van der Waals surface area (Å²) in [6, 6.07) is 38.8. The quantitative estimate of drug-likeness (QED) is 0.159. The Morgan fingerprint density at radius 1 is 0.653 bits per heavy atom. The number of aromatic nitrogens is 1. The molecule has 0 aliphatic carbocycles. The van der Waals surface area contributed by atoms with Crippen molar-refractivity contribution in [2.75, 3.05) is 21.7 Å². The van der Waals surface area contributed by atoms with E-state index in [-0.39, 0.29) is 37.3 Å².